The maximum atomic E-state index is 5.91. The molecule has 0 amide bonds. The van der Waals surface area contributed by atoms with Gasteiger partial charge in [-0.3, -0.25) is 0 Å². The van der Waals surface area contributed by atoms with E-state index in [0.29, 0.717) is 0 Å². The van der Waals surface area contributed by atoms with Gasteiger partial charge in [-0.15, -0.1) is 0 Å². The molecular weight excluding hydrogens is 424 g/mol. The van der Waals surface area contributed by atoms with E-state index in [2.05, 4.69) is 94.2 Å². The smallest absolute Gasteiger partial charge is 0.141 e. The quantitative estimate of drug-likeness (QED) is 0.274. The van der Waals surface area contributed by atoms with Crippen molar-refractivity contribution in [2.45, 2.75) is 32.7 Å². The summed E-state index contributed by atoms with van der Waals surface area (Å²) >= 11 is 3.52. The van der Waals surface area contributed by atoms with E-state index in [-0.39, 0.29) is 0 Å². The topological polar surface area (TPSA) is 27.1 Å². The Balaban J connectivity index is 1.43. The highest BCUT2D eigenvalue weighted by Gasteiger charge is 2.12. The number of nitrogens with zero attached hydrogens (tertiary/aromatic N) is 2. The molecule has 0 atom stereocenters. The van der Waals surface area contributed by atoms with Crippen molar-refractivity contribution in [2.24, 2.45) is 0 Å². The number of hydrogen-bond donors (Lipinski definition) is 0. The number of fused-ring (bicyclic) bond motifs is 1. The Morgan fingerprint density at radius 2 is 1.66 bits per heavy atom. The second kappa shape index (κ2) is 9.27. The molecule has 0 saturated heterocycles. The summed E-state index contributed by atoms with van der Waals surface area (Å²) in [6.45, 7) is 3.81. The fourth-order valence-corrected chi connectivity index (χ4v) is 3.77. The zero-order valence-electron chi connectivity index (χ0n) is 16.6. The summed E-state index contributed by atoms with van der Waals surface area (Å²) in [7, 11) is 0. The Hall–Kier alpha value is -2.59. The highest BCUT2D eigenvalue weighted by atomic mass is 79.9. The molecule has 0 bridgehead atoms. The molecule has 4 rings (SSSR count). The van der Waals surface area contributed by atoms with Crippen molar-refractivity contribution in [3.8, 4) is 17.1 Å². The third-order valence-electron chi connectivity index (χ3n) is 5.13. The predicted octanol–water partition coefficient (Wildman–Crippen LogP) is 6.89. The summed E-state index contributed by atoms with van der Waals surface area (Å²) in [6, 6.07) is 25.1. The molecule has 0 unspecified atom stereocenters. The van der Waals surface area contributed by atoms with Crippen LogP contribution in [0.3, 0.4) is 0 Å². The van der Waals surface area contributed by atoms with Crippen molar-refractivity contribution >= 4 is 27.0 Å². The monoisotopic (exact) mass is 448 g/mol. The summed E-state index contributed by atoms with van der Waals surface area (Å²) in [6.07, 6.45) is 3.10. The van der Waals surface area contributed by atoms with Gasteiger partial charge in [0.25, 0.3) is 0 Å². The normalized spacial score (nSPS) is 11.1. The van der Waals surface area contributed by atoms with Gasteiger partial charge in [0.1, 0.15) is 11.6 Å². The molecule has 4 aromatic rings. The van der Waals surface area contributed by atoms with Gasteiger partial charge in [-0.2, -0.15) is 0 Å². The number of ether oxygens (including phenoxy) is 1. The van der Waals surface area contributed by atoms with E-state index < -0.39 is 0 Å². The van der Waals surface area contributed by atoms with E-state index >= 15 is 0 Å². The lowest BCUT2D eigenvalue weighted by Crippen LogP contribution is -2.04. The van der Waals surface area contributed by atoms with E-state index in [1.54, 1.807) is 0 Å². The van der Waals surface area contributed by atoms with Crippen molar-refractivity contribution in [1.29, 1.82) is 0 Å². The molecule has 29 heavy (non-hydrogen) atoms. The predicted molar refractivity (Wildman–Crippen MR) is 123 cm³/mol. The van der Waals surface area contributed by atoms with Crippen LogP contribution in [0.1, 0.15) is 25.3 Å². The van der Waals surface area contributed by atoms with Crippen molar-refractivity contribution < 1.29 is 4.74 Å². The minimum Gasteiger partial charge on any atom is -0.494 e. The Morgan fingerprint density at radius 3 is 2.41 bits per heavy atom. The van der Waals surface area contributed by atoms with Gasteiger partial charge < -0.3 is 9.30 Å². The first-order valence-corrected chi connectivity index (χ1v) is 11.0. The average molecular weight is 449 g/mol. The summed E-state index contributed by atoms with van der Waals surface area (Å²) in [5, 5.41) is 0. The van der Waals surface area contributed by atoms with E-state index in [4.69, 9.17) is 9.72 Å². The molecule has 0 N–H and O–H groups in total. The number of benzene rings is 3. The van der Waals surface area contributed by atoms with Crippen LogP contribution in [0.4, 0.5) is 0 Å². The molecule has 0 saturated carbocycles. The van der Waals surface area contributed by atoms with E-state index in [0.717, 1.165) is 59.5 Å². The minimum absolute atomic E-state index is 0.728. The molecule has 3 nitrogen and oxygen atoms in total. The largest absolute Gasteiger partial charge is 0.494 e. The van der Waals surface area contributed by atoms with Crippen molar-refractivity contribution in [1.82, 2.24) is 9.55 Å². The van der Waals surface area contributed by atoms with Crippen LogP contribution in [0.25, 0.3) is 22.4 Å². The molecule has 0 radical (unpaired) electrons. The first-order chi connectivity index (χ1) is 14.2. The lowest BCUT2D eigenvalue weighted by molar-refractivity contribution is 0.303. The van der Waals surface area contributed by atoms with Gasteiger partial charge in [0, 0.05) is 16.6 Å². The van der Waals surface area contributed by atoms with E-state index in [1.807, 2.05) is 6.07 Å². The van der Waals surface area contributed by atoms with Gasteiger partial charge in [-0.1, -0.05) is 59.3 Å². The molecule has 0 aliphatic rings. The zero-order valence-corrected chi connectivity index (χ0v) is 18.2. The SMILES string of the molecule is CCc1ccc(OCCCCn2c(-c3ccc(Br)cc3)nc3ccccc32)cc1. The number of imidazole rings is 1. The zero-order chi connectivity index (χ0) is 20.1. The molecule has 3 aromatic carbocycles. The highest BCUT2D eigenvalue weighted by molar-refractivity contribution is 9.10. The first kappa shape index (κ1) is 19.7. The van der Waals surface area contributed by atoms with Crippen molar-refractivity contribution in [2.75, 3.05) is 6.61 Å². The van der Waals surface area contributed by atoms with Gasteiger partial charge in [-0.25, -0.2) is 4.98 Å². The number of rotatable bonds is 8. The molecule has 0 aliphatic heterocycles. The van der Waals surface area contributed by atoms with Gasteiger partial charge in [0.15, 0.2) is 0 Å². The standard InChI is InChI=1S/C25H25BrN2O/c1-2-19-9-15-22(16-10-19)29-18-6-5-17-28-24-8-4-3-7-23(24)27-25(28)20-11-13-21(26)14-12-20/h3-4,7-16H,2,5-6,17-18H2,1H3. The molecule has 0 aliphatic carbocycles. The number of aryl methyl sites for hydroxylation is 2. The molecule has 0 spiro atoms. The lowest BCUT2D eigenvalue weighted by atomic mass is 10.2. The third-order valence-corrected chi connectivity index (χ3v) is 5.66. The molecular formula is C25H25BrN2O. The minimum atomic E-state index is 0.728. The maximum Gasteiger partial charge on any atom is 0.141 e. The van der Waals surface area contributed by atoms with Crippen LogP contribution in [0.2, 0.25) is 0 Å². The second-order valence-corrected chi connectivity index (χ2v) is 8.05. The van der Waals surface area contributed by atoms with Gasteiger partial charge in [0.2, 0.25) is 0 Å². The summed E-state index contributed by atoms with van der Waals surface area (Å²) in [5.41, 5.74) is 4.70. The Bertz CT molecular complexity index is 1070. The average Bonchev–Trinajstić information content (AvgIpc) is 3.13. The van der Waals surface area contributed by atoms with Crippen LogP contribution in [-0.4, -0.2) is 16.2 Å². The molecule has 4 heteroatoms. The number of hydrogen-bond acceptors (Lipinski definition) is 2. The van der Waals surface area contributed by atoms with E-state index in [1.165, 1.54) is 11.1 Å². The van der Waals surface area contributed by atoms with E-state index in [9.17, 15) is 0 Å². The molecule has 148 valence electrons. The molecule has 0 fully saturated rings. The van der Waals surface area contributed by atoms with Crippen LogP contribution < -0.4 is 4.74 Å². The Morgan fingerprint density at radius 1 is 0.897 bits per heavy atom. The van der Waals surface area contributed by atoms with Crippen LogP contribution in [0.15, 0.2) is 77.3 Å². The first-order valence-electron chi connectivity index (χ1n) is 10.2. The Labute approximate surface area is 180 Å². The van der Waals surface area contributed by atoms with Crippen LogP contribution in [-0.2, 0) is 13.0 Å². The lowest BCUT2D eigenvalue weighted by Gasteiger charge is -2.11. The van der Waals surface area contributed by atoms with Crippen LogP contribution >= 0.6 is 15.9 Å². The van der Waals surface area contributed by atoms with Gasteiger partial charge >= 0.3 is 0 Å². The summed E-state index contributed by atoms with van der Waals surface area (Å²) in [5.74, 6) is 1.97. The van der Waals surface area contributed by atoms with Gasteiger partial charge in [-0.05, 0) is 61.2 Å². The molecule has 1 heterocycles. The second-order valence-electron chi connectivity index (χ2n) is 7.14. The van der Waals surface area contributed by atoms with Crippen LogP contribution in [0.5, 0.6) is 5.75 Å². The number of para-hydroxylation sites is 2. The number of unbranched alkanes of at least 4 members (excludes halogenated alkanes) is 1. The Kier molecular flexibility index (Phi) is 6.30. The summed E-state index contributed by atoms with van der Waals surface area (Å²) in [4.78, 5) is 4.89. The maximum absolute atomic E-state index is 5.91. The van der Waals surface area contributed by atoms with Crippen LogP contribution in [0, 0.1) is 0 Å². The van der Waals surface area contributed by atoms with Gasteiger partial charge in [0.05, 0.1) is 17.6 Å². The highest BCUT2D eigenvalue weighted by Crippen LogP contribution is 2.26. The fraction of sp³-hybridized carbons (Fsp3) is 0.240. The molecule has 1 aromatic heterocycles. The summed E-state index contributed by atoms with van der Waals surface area (Å²) < 4.78 is 9.32. The third kappa shape index (κ3) is 4.70. The fourth-order valence-electron chi connectivity index (χ4n) is 3.50. The van der Waals surface area contributed by atoms with Crippen molar-refractivity contribution in [3.05, 3.63) is 82.8 Å². The number of halogens is 1. The number of aromatic nitrogens is 2. The van der Waals surface area contributed by atoms with Crippen molar-refractivity contribution in [3.63, 3.8) is 0 Å².